The molecular weight excluding hydrogens is 328 g/mol. The number of carbonyl (C=O) groups excluding carboxylic acids is 2. The molecule has 0 aliphatic rings. The van der Waals surface area contributed by atoms with Crippen molar-refractivity contribution in [2.24, 2.45) is 0 Å². The first-order valence-corrected chi connectivity index (χ1v) is 8.27. The third-order valence-electron chi connectivity index (χ3n) is 3.41. The second-order valence-electron chi connectivity index (χ2n) is 5.47. The molecule has 3 amide bonds. The molecule has 0 aliphatic carbocycles. The highest BCUT2D eigenvalue weighted by Crippen LogP contribution is 2.10. The number of benzene rings is 1. The van der Waals surface area contributed by atoms with Crippen molar-refractivity contribution in [3.05, 3.63) is 84.2 Å². The van der Waals surface area contributed by atoms with Crippen molar-refractivity contribution < 1.29 is 9.59 Å². The number of hydrogen-bond donors (Lipinski definition) is 3. The molecule has 1 heterocycles. The number of amides is 3. The fourth-order valence-corrected chi connectivity index (χ4v) is 2.12. The topological polar surface area (TPSA) is 83.1 Å². The predicted molar refractivity (Wildman–Crippen MR) is 102 cm³/mol. The van der Waals surface area contributed by atoms with Crippen molar-refractivity contribution in [1.29, 1.82) is 0 Å². The van der Waals surface area contributed by atoms with Crippen molar-refractivity contribution in [2.45, 2.75) is 20.0 Å². The zero-order valence-corrected chi connectivity index (χ0v) is 14.6. The number of carbonyl (C=O) groups is 2. The Kier molecular flexibility index (Phi) is 7.61. The molecule has 0 bridgehead atoms. The molecule has 6 heteroatoms. The minimum atomic E-state index is -0.294. The van der Waals surface area contributed by atoms with Gasteiger partial charge in [0.1, 0.15) is 0 Å². The Hall–Kier alpha value is -3.41. The number of aromatic nitrogens is 1. The van der Waals surface area contributed by atoms with E-state index in [4.69, 9.17) is 0 Å². The molecule has 0 aliphatic heterocycles. The van der Waals surface area contributed by atoms with Gasteiger partial charge in [-0.05, 0) is 42.3 Å². The lowest BCUT2D eigenvalue weighted by atomic mass is 10.2. The summed E-state index contributed by atoms with van der Waals surface area (Å²) < 4.78 is 0. The molecule has 0 fully saturated rings. The molecule has 6 nitrogen and oxygen atoms in total. The molecule has 0 unspecified atom stereocenters. The zero-order chi connectivity index (χ0) is 18.6. The summed E-state index contributed by atoms with van der Waals surface area (Å²) in [5, 5.41) is 8.35. The summed E-state index contributed by atoms with van der Waals surface area (Å²) >= 11 is 0. The minimum Gasteiger partial charge on any atom is -0.348 e. The monoisotopic (exact) mass is 350 g/mol. The van der Waals surface area contributed by atoms with Crippen molar-refractivity contribution in [1.82, 2.24) is 15.6 Å². The van der Waals surface area contributed by atoms with E-state index in [0.29, 0.717) is 18.8 Å². The molecule has 0 spiro atoms. The van der Waals surface area contributed by atoms with Crippen LogP contribution in [0.2, 0.25) is 0 Å². The molecule has 0 saturated heterocycles. The maximum Gasteiger partial charge on any atom is 0.319 e. The van der Waals surface area contributed by atoms with E-state index >= 15 is 0 Å². The van der Waals surface area contributed by atoms with Gasteiger partial charge in [0.2, 0.25) is 5.91 Å². The van der Waals surface area contributed by atoms with Gasteiger partial charge in [0, 0.05) is 37.2 Å². The quantitative estimate of drug-likeness (QED) is 0.530. The predicted octanol–water partition coefficient (Wildman–Crippen LogP) is 3.15. The van der Waals surface area contributed by atoms with E-state index in [1.165, 1.54) is 6.08 Å². The molecule has 0 radical (unpaired) electrons. The summed E-state index contributed by atoms with van der Waals surface area (Å²) in [4.78, 5) is 27.6. The van der Waals surface area contributed by atoms with Gasteiger partial charge in [-0.15, -0.1) is 0 Å². The molecule has 2 aromatic rings. The molecule has 1 aromatic heterocycles. The third-order valence-corrected chi connectivity index (χ3v) is 3.41. The van der Waals surface area contributed by atoms with Crippen molar-refractivity contribution in [3.8, 4) is 0 Å². The molecule has 1 aromatic carbocycles. The highest BCUT2D eigenvalue weighted by molar-refractivity contribution is 5.89. The lowest BCUT2D eigenvalue weighted by Gasteiger charge is -2.09. The molecular formula is C20H22N4O2. The second kappa shape index (κ2) is 10.5. The standard InChI is InChI=1S/C20H22N4O2/c1-2-3-4-8-19(25)22-15-17-6-5-7-18(13-17)24-20(26)23-14-16-9-11-21-12-10-16/h2-13H,14-15H2,1H3,(H,22,25)(H2,23,24,26)/b3-2+,8-4+. The number of allylic oxidation sites excluding steroid dienone is 3. The maximum absolute atomic E-state index is 12.0. The van der Waals surface area contributed by atoms with Crippen LogP contribution in [0.4, 0.5) is 10.5 Å². The van der Waals surface area contributed by atoms with E-state index < -0.39 is 0 Å². The highest BCUT2D eigenvalue weighted by Gasteiger charge is 2.03. The van der Waals surface area contributed by atoms with Gasteiger partial charge >= 0.3 is 6.03 Å². The summed E-state index contributed by atoms with van der Waals surface area (Å²) in [6.07, 6.45) is 10.1. The van der Waals surface area contributed by atoms with E-state index in [-0.39, 0.29) is 11.9 Å². The van der Waals surface area contributed by atoms with Crippen LogP contribution in [0.5, 0.6) is 0 Å². The van der Waals surface area contributed by atoms with Crippen LogP contribution in [-0.2, 0) is 17.9 Å². The number of rotatable bonds is 7. The first-order valence-electron chi connectivity index (χ1n) is 8.27. The van der Waals surface area contributed by atoms with Gasteiger partial charge in [-0.1, -0.05) is 30.4 Å². The number of nitrogens with one attached hydrogen (secondary N) is 3. The van der Waals surface area contributed by atoms with E-state index in [1.54, 1.807) is 30.6 Å². The van der Waals surface area contributed by atoms with Gasteiger partial charge < -0.3 is 16.0 Å². The fourth-order valence-electron chi connectivity index (χ4n) is 2.12. The van der Waals surface area contributed by atoms with Crippen molar-refractivity contribution in [3.63, 3.8) is 0 Å². The number of anilines is 1. The molecule has 3 N–H and O–H groups in total. The van der Waals surface area contributed by atoms with Crippen LogP contribution in [0.1, 0.15) is 18.1 Å². The van der Waals surface area contributed by atoms with Crippen molar-refractivity contribution in [2.75, 3.05) is 5.32 Å². The van der Waals surface area contributed by atoms with Crippen LogP contribution < -0.4 is 16.0 Å². The molecule has 2 rings (SSSR count). The first kappa shape index (κ1) is 18.9. The van der Waals surface area contributed by atoms with Crippen LogP contribution in [0, 0.1) is 0 Å². The smallest absolute Gasteiger partial charge is 0.319 e. The van der Waals surface area contributed by atoms with Crippen LogP contribution in [0.25, 0.3) is 0 Å². The first-order chi connectivity index (χ1) is 12.7. The van der Waals surface area contributed by atoms with Gasteiger partial charge in [-0.25, -0.2) is 4.79 Å². The summed E-state index contributed by atoms with van der Waals surface area (Å²) in [5.41, 5.74) is 2.52. The normalized spacial score (nSPS) is 10.8. The SMILES string of the molecule is C/C=C/C=C/C(=O)NCc1cccc(NC(=O)NCc2ccncc2)c1. The third kappa shape index (κ3) is 7.00. The minimum absolute atomic E-state index is 0.170. The zero-order valence-electron chi connectivity index (χ0n) is 14.6. The van der Waals surface area contributed by atoms with Gasteiger partial charge in [-0.2, -0.15) is 0 Å². The molecule has 0 saturated carbocycles. The van der Waals surface area contributed by atoms with Crippen LogP contribution in [0.15, 0.2) is 73.1 Å². The number of hydrogen-bond acceptors (Lipinski definition) is 3. The number of nitrogens with zero attached hydrogens (tertiary/aromatic N) is 1. The number of urea groups is 1. The molecule has 26 heavy (non-hydrogen) atoms. The number of pyridine rings is 1. The van der Waals surface area contributed by atoms with Crippen LogP contribution in [-0.4, -0.2) is 16.9 Å². The Labute approximate surface area is 153 Å². The van der Waals surface area contributed by atoms with Gasteiger partial charge in [0.05, 0.1) is 0 Å². The van der Waals surface area contributed by atoms with Gasteiger partial charge in [0.15, 0.2) is 0 Å². The van der Waals surface area contributed by atoms with E-state index in [2.05, 4.69) is 20.9 Å². The average Bonchev–Trinajstić information content (AvgIpc) is 2.66. The molecule has 0 atom stereocenters. The van der Waals surface area contributed by atoms with Crippen LogP contribution in [0.3, 0.4) is 0 Å². The lowest BCUT2D eigenvalue weighted by Crippen LogP contribution is -2.28. The van der Waals surface area contributed by atoms with E-state index in [0.717, 1.165) is 11.1 Å². The van der Waals surface area contributed by atoms with Gasteiger partial charge in [-0.3, -0.25) is 9.78 Å². The van der Waals surface area contributed by atoms with Crippen molar-refractivity contribution >= 4 is 17.6 Å². The Morgan fingerprint density at radius 3 is 2.54 bits per heavy atom. The Balaban J connectivity index is 1.82. The maximum atomic E-state index is 12.0. The Morgan fingerprint density at radius 1 is 1.00 bits per heavy atom. The summed E-state index contributed by atoms with van der Waals surface area (Å²) in [5.74, 6) is -0.170. The molecule has 134 valence electrons. The highest BCUT2D eigenvalue weighted by atomic mass is 16.2. The second-order valence-corrected chi connectivity index (χ2v) is 5.47. The summed E-state index contributed by atoms with van der Waals surface area (Å²) in [6.45, 7) is 2.68. The Bertz CT molecular complexity index is 785. The van der Waals surface area contributed by atoms with Crippen LogP contribution >= 0.6 is 0 Å². The lowest BCUT2D eigenvalue weighted by molar-refractivity contribution is -0.116. The van der Waals surface area contributed by atoms with Gasteiger partial charge in [0.25, 0.3) is 0 Å². The summed E-state index contributed by atoms with van der Waals surface area (Å²) in [6, 6.07) is 10.7. The largest absolute Gasteiger partial charge is 0.348 e. The average molecular weight is 350 g/mol. The fraction of sp³-hybridized carbons (Fsp3) is 0.150. The Morgan fingerprint density at radius 2 is 1.77 bits per heavy atom. The summed E-state index contributed by atoms with van der Waals surface area (Å²) in [7, 11) is 0. The van der Waals surface area contributed by atoms with E-state index in [9.17, 15) is 9.59 Å². The van der Waals surface area contributed by atoms with E-state index in [1.807, 2.05) is 43.3 Å².